The molecule has 3 heteroatoms. The molecule has 158 valence electrons. The van der Waals surface area contributed by atoms with Crippen molar-refractivity contribution in [3.05, 3.63) is 107 Å². The Morgan fingerprint density at radius 1 is 0.938 bits per heavy atom. The van der Waals surface area contributed by atoms with Crippen molar-refractivity contribution in [1.29, 1.82) is 0 Å². The first-order valence-corrected chi connectivity index (χ1v) is 10.9. The Morgan fingerprint density at radius 2 is 1.69 bits per heavy atom. The number of allylic oxidation sites excluding steroid dienone is 1. The monoisotopic (exact) mass is 419 g/mol. The van der Waals surface area contributed by atoms with Gasteiger partial charge in [0.2, 0.25) is 0 Å². The van der Waals surface area contributed by atoms with E-state index in [0.717, 1.165) is 34.2 Å². The molecular weight excluding hydrogens is 394 g/mol. The molecule has 0 bridgehead atoms. The minimum absolute atomic E-state index is 0.0459. The molecule has 1 heterocycles. The number of hydrogen-bond acceptors (Lipinski definition) is 2. The highest BCUT2D eigenvalue weighted by Crippen LogP contribution is 2.44. The molecule has 0 aliphatic heterocycles. The van der Waals surface area contributed by atoms with Gasteiger partial charge in [-0.2, -0.15) is 0 Å². The van der Waals surface area contributed by atoms with Gasteiger partial charge in [0.05, 0.1) is 5.56 Å². The van der Waals surface area contributed by atoms with Gasteiger partial charge >= 0.3 is 5.97 Å². The van der Waals surface area contributed by atoms with Gasteiger partial charge in [-0.05, 0) is 87.7 Å². The zero-order chi connectivity index (χ0) is 22.5. The molecule has 5 rings (SSSR count). The summed E-state index contributed by atoms with van der Waals surface area (Å²) in [6.45, 7) is 6.60. The number of nitrogens with zero attached hydrogens (tertiary/aromatic N) is 1. The summed E-state index contributed by atoms with van der Waals surface area (Å²) in [7, 11) is 0. The number of aromatic nitrogens is 1. The Hall–Kier alpha value is -3.72. The van der Waals surface area contributed by atoms with Gasteiger partial charge in [-0.1, -0.05) is 56.3 Å². The average Bonchev–Trinajstić information content (AvgIpc) is 2.79. The first-order chi connectivity index (χ1) is 15.3. The van der Waals surface area contributed by atoms with Crippen LogP contribution in [0.15, 0.2) is 79.0 Å². The van der Waals surface area contributed by atoms with E-state index in [0.29, 0.717) is 5.56 Å². The van der Waals surface area contributed by atoms with Crippen LogP contribution in [-0.2, 0) is 5.41 Å². The minimum atomic E-state index is -0.910. The van der Waals surface area contributed by atoms with Crippen LogP contribution in [0.4, 0.5) is 0 Å². The summed E-state index contributed by atoms with van der Waals surface area (Å²) in [6.07, 6.45) is 5.28. The van der Waals surface area contributed by atoms with Gasteiger partial charge in [-0.3, -0.25) is 4.98 Å². The fraction of sp³-hybridized carbons (Fsp3) is 0.172. The maximum atomic E-state index is 11.3. The van der Waals surface area contributed by atoms with Gasteiger partial charge in [-0.25, -0.2) is 4.79 Å². The van der Waals surface area contributed by atoms with Gasteiger partial charge in [-0.15, -0.1) is 0 Å². The fourth-order valence-corrected chi connectivity index (χ4v) is 4.63. The first-order valence-electron chi connectivity index (χ1n) is 10.9. The molecule has 4 aromatic rings. The van der Waals surface area contributed by atoms with Crippen molar-refractivity contribution in [1.82, 2.24) is 4.98 Å². The van der Waals surface area contributed by atoms with Gasteiger partial charge in [0, 0.05) is 17.5 Å². The molecule has 1 aliphatic rings. The Bertz CT molecular complexity index is 1380. The zero-order valence-corrected chi connectivity index (χ0v) is 18.5. The van der Waals surface area contributed by atoms with E-state index in [1.54, 1.807) is 12.1 Å². The number of hydrogen-bond donors (Lipinski definition) is 1. The van der Waals surface area contributed by atoms with Crippen LogP contribution in [-0.4, -0.2) is 16.1 Å². The average molecular weight is 420 g/mol. The van der Waals surface area contributed by atoms with Gasteiger partial charge < -0.3 is 5.11 Å². The van der Waals surface area contributed by atoms with E-state index in [4.69, 9.17) is 0 Å². The summed E-state index contributed by atoms with van der Waals surface area (Å²) in [5, 5.41) is 11.6. The SMILES string of the molecule is Cc1ccc(C2=CCC(C)(C)c3cc4cccc(-c5ccc(C(=O)O)cc5)c4cc32)cn1. The first kappa shape index (κ1) is 20.2. The zero-order valence-electron chi connectivity index (χ0n) is 18.5. The minimum Gasteiger partial charge on any atom is -0.478 e. The maximum Gasteiger partial charge on any atom is 0.335 e. The highest BCUT2D eigenvalue weighted by atomic mass is 16.4. The number of fused-ring (bicyclic) bond motifs is 2. The highest BCUT2D eigenvalue weighted by Gasteiger charge is 2.29. The lowest BCUT2D eigenvalue weighted by atomic mass is 9.71. The summed E-state index contributed by atoms with van der Waals surface area (Å²) >= 11 is 0. The summed E-state index contributed by atoms with van der Waals surface area (Å²) in [4.78, 5) is 15.8. The van der Waals surface area contributed by atoms with Gasteiger partial charge in [0.15, 0.2) is 0 Å². The number of carboxylic acids is 1. The lowest BCUT2D eigenvalue weighted by Crippen LogP contribution is -2.22. The van der Waals surface area contributed by atoms with Crippen molar-refractivity contribution in [2.24, 2.45) is 0 Å². The molecule has 32 heavy (non-hydrogen) atoms. The van der Waals surface area contributed by atoms with Crippen LogP contribution < -0.4 is 0 Å². The summed E-state index contributed by atoms with van der Waals surface area (Å²) in [5.74, 6) is -0.910. The summed E-state index contributed by atoms with van der Waals surface area (Å²) in [6, 6.07) is 22.3. The molecule has 1 aromatic heterocycles. The van der Waals surface area contributed by atoms with E-state index in [2.05, 4.69) is 67.4 Å². The molecule has 0 unspecified atom stereocenters. The third-order valence-corrected chi connectivity index (χ3v) is 6.52. The molecule has 0 radical (unpaired) electrons. The molecule has 0 atom stereocenters. The van der Waals surface area contributed by atoms with Crippen molar-refractivity contribution in [3.8, 4) is 11.1 Å². The number of aryl methyl sites for hydroxylation is 1. The third-order valence-electron chi connectivity index (χ3n) is 6.52. The Balaban J connectivity index is 1.72. The van der Waals surface area contributed by atoms with Gasteiger partial charge in [0.25, 0.3) is 0 Å². The molecule has 3 nitrogen and oxygen atoms in total. The van der Waals surface area contributed by atoms with E-state index >= 15 is 0 Å². The quantitative estimate of drug-likeness (QED) is 0.388. The molecular formula is C29H25NO2. The van der Waals surface area contributed by atoms with Crippen molar-refractivity contribution in [2.75, 3.05) is 0 Å². The predicted molar refractivity (Wildman–Crippen MR) is 130 cm³/mol. The number of carboxylic acid groups (broad SMARTS) is 1. The number of rotatable bonds is 3. The van der Waals surface area contributed by atoms with Crippen LogP contribution in [0.25, 0.3) is 27.5 Å². The predicted octanol–water partition coefficient (Wildman–Crippen LogP) is 7.02. The number of benzene rings is 3. The van der Waals surface area contributed by atoms with E-state index in [1.807, 2.05) is 25.3 Å². The maximum absolute atomic E-state index is 11.3. The molecule has 1 aliphatic carbocycles. The molecule has 0 amide bonds. The van der Waals surface area contributed by atoms with Gasteiger partial charge in [0.1, 0.15) is 0 Å². The number of carbonyl (C=O) groups is 1. The lowest BCUT2D eigenvalue weighted by Gasteiger charge is -2.33. The second-order valence-corrected chi connectivity index (χ2v) is 9.20. The van der Waals surface area contributed by atoms with E-state index in [-0.39, 0.29) is 5.41 Å². The second kappa shape index (κ2) is 7.45. The Morgan fingerprint density at radius 3 is 2.38 bits per heavy atom. The van der Waals surface area contributed by atoms with Crippen molar-refractivity contribution >= 4 is 22.3 Å². The van der Waals surface area contributed by atoms with Crippen molar-refractivity contribution < 1.29 is 9.90 Å². The van der Waals surface area contributed by atoms with Crippen LogP contribution in [0.1, 0.15) is 53.0 Å². The standard InChI is InChI=1S/C29H25NO2/c1-18-7-8-22(17-30-18)24-13-14-29(2,3)27-15-21-5-4-6-23(25(21)16-26(24)27)19-9-11-20(12-10-19)28(31)32/h4-13,15-17H,14H2,1-3H3,(H,31,32). The Labute approximate surface area is 188 Å². The molecule has 1 N–H and O–H groups in total. The summed E-state index contributed by atoms with van der Waals surface area (Å²) < 4.78 is 0. The van der Waals surface area contributed by atoms with E-state index in [9.17, 15) is 9.90 Å². The van der Waals surface area contributed by atoms with Crippen molar-refractivity contribution in [2.45, 2.75) is 32.6 Å². The second-order valence-electron chi connectivity index (χ2n) is 9.20. The Kier molecular flexibility index (Phi) is 4.70. The lowest BCUT2D eigenvalue weighted by molar-refractivity contribution is 0.0697. The van der Waals surface area contributed by atoms with Crippen LogP contribution in [0, 0.1) is 6.92 Å². The molecule has 0 saturated carbocycles. The molecule has 0 fully saturated rings. The third kappa shape index (κ3) is 3.40. The van der Waals surface area contributed by atoms with E-state index < -0.39 is 5.97 Å². The fourth-order valence-electron chi connectivity index (χ4n) is 4.63. The van der Waals surface area contributed by atoms with Crippen LogP contribution >= 0.6 is 0 Å². The van der Waals surface area contributed by atoms with Crippen LogP contribution in [0.3, 0.4) is 0 Å². The number of aromatic carboxylic acids is 1. The van der Waals surface area contributed by atoms with Crippen LogP contribution in [0.5, 0.6) is 0 Å². The van der Waals surface area contributed by atoms with Crippen molar-refractivity contribution in [3.63, 3.8) is 0 Å². The molecule has 3 aromatic carbocycles. The van der Waals surface area contributed by atoms with Crippen LogP contribution in [0.2, 0.25) is 0 Å². The topological polar surface area (TPSA) is 50.2 Å². The largest absolute Gasteiger partial charge is 0.478 e. The normalized spacial score (nSPS) is 14.7. The highest BCUT2D eigenvalue weighted by molar-refractivity contribution is 6.01. The summed E-state index contributed by atoms with van der Waals surface area (Å²) in [5.41, 5.74) is 8.42. The van der Waals surface area contributed by atoms with E-state index in [1.165, 1.54) is 22.1 Å². The molecule has 0 spiro atoms. The number of pyridine rings is 1. The smallest absolute Gasteiger partial charge is 0.335 e. The molecule has 0 saturated heterocycles.